The maximum atomic E-state index is 12.5. The molecule has 1 saturated heterocycles. The van der Waals surface area contributed by atoms with Gasteiger partial charge in [0.1, 0.15) is 0 Å². The Balaban J connectivity index is 2.00. The van der Waals surface area contributed by atoms with E-state index in [4.69, 9.17) is 0 Å². The molecule has 0 spiro atoms. The van der Waals surface area contributed by atoms with E-state index in [2.05, 4.69) is 12.2 Å². The summed E-state index contributed by atoms with van der Waals surface area (Å²) in [7, 11) is -3.13. The highest BCUT2D eigenvalue weighted by atomic mass is 32.2. The van der Waals surface area contributed by atoms with Crippen LogP contribution < -0.4 is 5.32 Å². The molecule has 1 aromatic rings. The van der Waals surface area contributed by atoms with Crippen LogP contribution >= 0.6 is 11.3 Å². The summed E-state index contributed by atoms with van der Waals surface area (Å²) < 4.78 is 26.7. The number of thiophene rings is 1. The molecule has 0 amide bonds. The highest BCUT2D eigenvalue weighted by molar-refractivity contribution is 7.89. The lowest BCUT2D eigenvalue weighted by Gasteiger charge is -2.35. The number of nitrogens with one attached hydrogen (secondary N) is 1. The molecule has 1 N–H and O–H groups in total. The molecule has 1 unspecified atom stereocenters. The van der Waals surface area contributed by atoms with Crippen molar-refractivity contribution < 1.29 is 8.42 Å². The lowest BCUT2D eigenvalue weighted by atomic mass is 10.1. The number of nitrogens with zero attached hydrogens (tertiary/aromatic N) is 1. The highest BCUT2D eigenvalue weighted by Crippen LogP contribution is 2.17. The zero-order valence-electron chi connectivity index (χ0n) is 11.3. The maximum Gasteiger partial charge on any atom is 0.214 e. The summed E-state index contributed by atoms with van der Waals surface area (Å²) in [4.78, 5) is 1.14. The number of aryl methyl sites for hydroxylation is 1. The van der Waals surface area contributed by atoms with Crippen LogP contribution in [0.2, 0.25) is 0 Å². The Kier molecular flexibility index (Phi) is 5.38. The van der Waals surface area contributed by atoms with Gasteiger partial charge in [0.25, 0.3) is 0 Å². The summed E-state index contributed by atoms with van der Waals surface area (Å²) in [5, 5.41) is 5.28. The van der Waals surface area contributed by atoms with Crippen LogP contribution in [-0.4, -0.2) is 44.2 Å². The predicted molar refractivity (Wildman–Crippen MR) is 80.1 cm³/mol. The molecule has 1 atom stereocenters. The topological polar surface area (TPSA) is 49.4 Å². The smallest absolute Gasteiger partial charge is 0.214 e. The first-order chi connectivity index (χ1) is 9.13. The van der Waals surface area contributed by atoms with Crippen LogP contribution in [0.25, 0.3) is 0 Å². The van der Waals surface area contributed by atoms with Gasteiger partial charge in [0.15, 0.2) is 0 Å². The van der Waals surface area contributed by atoms with Crippen molar-refractivity contribution in [3.63, 3.8) is 0 Å². The number of piperazine rings is 1. The summed E-state index contributed by atoms with van der Waals surface area (Å²) in [6, 6.07) is 4.10. The quantitative estimate of drug-likeness (QED) is 0.870. The van der Waals surface area contributed by atoms with Crippen LogP contribution in [0.1, 0.15) is 24.6 Å². The number of sulfonamides is 1. The molecule has 1 aliphatic rings. The van der Waals surface area contributed by atoms with Crippen LogP contribution in [0.15, 0.2) is 17.5 Å². The molecule has 1 fully saturated rings. The molecule has 19 heavy (non-hydrogen) atoms. The third kappa shape index (κ3) is 4.02. The molecule has 2 rings (SSSR count). The molecular formula is C13H22N2O2S2. The third-order valence-electron chi connectivity index (χ3n) is 3.46. The van der Waals surface area contributed by atoms with Gasteiger partial charge in [-0.15, -0.1) is 11.3 Å². The van der Waals surface area contributed by atoms with Gasteiger partial charge in [-0.3, -0.25) is 0 Å². The molecule has 1 aromatic heterocycles. The predicted octanol–water partition coefficient (Wildman–Crippen LogP) is 1.69. The number of hydrogen-bond donors (Lipinski definition) is 1. The molecule has 0 saturated carbocycles. The monoisotopic (exact) mass is 302 g/mol. The van der Waals surface area contributed by atoms with Crippen LogP contribution in [0.4, 0.5) is 0 Å². The number of rotatable bonds is 6. The van der Waals surface area contributed by atoms with E-state index in [-0.39, 0.29) is 11.8 Å². The lowest BCUT2D eigenvalue weighted by Crippen LogP contribution is -2.54. The van der Waals surface area contributed by atoms with Crippen molar-refractivity contribution in [2.24, 2.45) is 0 Å². The fraction of sp³-hybridized carbons (Fsp3) is 0.692. The number of hydrogen-bond acceptors (Lipinski definition) is 4. The van der Waals surface area contributed by atoms with Gasteiger partial charge in [-0.1, -0.05) is 19.4 Å². The van der Waals surface area contributed by atoms with Gasteiger partial charge < -0.3 is 5.32 Å². The normalized spacial score (nSPS) is 21.6. The van der Waals surface area contributed by atoms with Crippen LogP contribution in [0.5, 0.6) is 0 Å². The molecule has 0 aliphatic carbocycles. The van der Waals surface area contributed by atoms with Crippen LogP contribution in [0.3, 0.4) is 0 Å². The van der Waals surface area contributed by atoms with E-state index in [1.165, 1.54) is 0 Å². The first-order valence-corrected chi connectivity index (χ1v) is 9.35. The van der Waals surface area contributed by atoms with Gasteiger partial charge in [0.2, 0.25) is 10.0 Å². The van der Waals surface area contributed by atoms with Crippen molar-refractivity contribution in [3.8, 4) is 0 Å². The second-order valence-electron chi connectivity index (χ2n) is 4.90. The fourth-order valence-electron chi connectivity index (χ4n) is 2.49. The molecule has 0 radical (unpaired) electrons. The second-order valence-corrected chi connectivity index (χ2v) is 7.98. The molecule has 4 nitrogen and oxygen atoms in total. The average molecular weight is 302 g/mol. The average Bonchev–Trinajstić information content (AvgIpc) is 2.91. The van der Waals surface area contributed by atoms with Gasteiger partial charge in [-0.05, 0) is 24.3 Å². The second kappa shape index (κ2) is 6.83. The van der Waals surface area contributed by atoms with E-state index >= 15 is 0 Å². The SMILES string of the molecule is CCCC1CNCCN1S(=O)(=O)CCc1cccs1. The van der Waals surface area contributed by atoms with Crippen LogP contribution in [-0.2, 0) is 16.4 Å². The Hall–Kier alpha value is -0.430. The molecule has 2 heterocycles. The third-order valence-corrected chi connectivity index (χ3v) is 6.31. The van der Waals surface area contributed by atoms with Crippen molar-refractivity contribution in [2.75, 3.05) is 25.4 Å². The minimum Gasteiger partial charge on any atom is -0.314 e. The van der Waals surface area contributed by atoms with Crippen LogP contribution in [0, 0.1) is 0 Å². The van der Waals surface area contributed by atoms with E-state index in [1.807, 2.05) is 17.5 Å². The molecule has 0 aromatic carbocycles. The molecule has 6 heteroatoms. The summed E-state index contributed by atoms with van der Waals surface area (Å²) in [6.45, 7) is 4.26. The Morgan fingerprint density at radius 2 is 2.37 bits per heavy atom. The maximum absolute atomic E-state index is 12.5. The standard InChI is InChI=1S/C13H22N2O2S2/c1-2-4-12-11-14-7-8-15(12)19(16,17)10-6-13-5-3-9-18-13/h3,5,9,12,14H,2,4,6-8,10-11H2,1H3. The van der Waals surface area contributed by atoms with Gasteiger partial charge in [0.05, 0.1) is 5.75 Å². The fourth-order valence-corrected chi connectivity index (χ4v) is 5.04. The van der Waals surface area contributed by atoms with Gasteiger partial charge >= 0.3 is 0 Å². The summed E-state index contributed by atoms with van der Waals surface area (Å²) in [6.07, 6.45) is 2.58. The van der Waals surface area contributed by atoms with Crippen molar-refractivity contribution >= 4 is 21.4 Å². The molecule has 0 bridgehead atoms. The van der Waals surface area contributed by atoms with E-state index in [0.717, 1.165) is 30.8 Å². The zero-order valence-corrected chi connectivity index (χ0v) is 13.0. The van der Waals surface area contributed by atoms with Crippen molar-refractivity contribution in [1.29, 1.82) is 0 Å². The van der Waals surface area contributed by atoms with E-state index in [1.54, 1.807) is 15.6 Å². The molecular weight excluding hydrogens is 280 g/mol. The van der Waals surface area contributed by atoms with E-state index in [9.17, 15) is 8.42 Å². The summed E-state index contributed by atoms with van der Waals surface area (Å²) in [5.74, 6) is 0.230. The first-order valence-electron chi connectivity index (χ1n) is 6.86. The van der Waals surface area contributed by atoms with Gasteiger partial charge in [0, 0.05) is 30.6 Å². The summed E-state index contributed by atoms with van der Waals surface area (Å²) in [5.41, 5.74) is 0. The Labute approximate surface area is 119 Å². The molecule has 108 valence electrons. The minimum absolute atomic E-state index is 0.132. The Morgan fingerprint density at radius 1 is 1.53 bits per heavy atom. The first kappa shape index (κ1) is 15.0. The largest absolute Gasteiger partial charge is 0.314 e. The summed E-state index contributed by atoms with van der Waals surface area (Å²) >= 11 is 1.63. The lowest BCUT2D eigenvalue weighted by molar-refractivity contribution is 0.254. The molecule has 1 aliphatic heterocycles. The van der Waals surface area contributed by atoms with Crippen molar-refractivity contribution in [3.05, 3.63) is 22.4 Å². The van der Waals surface area contributed by atoms with E-state index < -0.39 is 10.0 Å². The van der Waals surface area contributed by atoms with E-state index in [0.29, 0.717) is 13.0 Å². The minimum atomic E-state index is -3.13. The van der Waals surface area contributed by atoms with Crippen molar-refractivity contribution in [2.45, 2.75) is 32.2 Å². The van der Waals surface area contributed by atoms with Crippen molar-refractivity contribution in [1.82, 2.24) is 9.62 Å². The Bertz CT molecular complexity index is 469. The zero-order chi connectivity index (χ0) is 13.7. The van der Waals surface area contributed by atoms with Gasteiger partial charge in [-0.25, -0.2) is 8.42 Å². The van der Waals surface area contributed by atoms with Gasteiger partial charge in [-0.2, -0.15) is 4.31 Å². The Morgan fingerprint density at radius 3 is 3.05 bits per heavy atom. The highest BCUT2D eigenvalue weighted by Gasteiger charge is 2.31.